The molecule has 0 unspecified atom stereocenters. The predicted molar refractivity (Wildman–Crippen MR) is 79.6 cm³/mol. The summed E-state index contributed by atoms with van der Waals surface area (Å²) in [5.41, 5.74) is 3.17. The van der Waals surface area contributed by atoms with Crippen LogP contribution in [0.25, 0.3) is 10.9 Å². The molecule has 0 aliphatic carbocycles. The molecule has 0 amide bonds. The van der Waals surface area contributed by atoms with Gasteiger partial charge in [-0.05, 0) is 23.8 Å². The Hall–Kier alpha value is -2.59. The number of aromatic amines is 1. The van der Waals surface area contributed by atoms with E-state index in [0.29, 0.717) is 5.56 Å². The molecule has 4 nitrogen and oxygen atoms in total. The minimum atomic E-state index is 0.0211. The molecule has 3 N–H and O–H groups in total. The molecule has 0 radical (unpaired) electrons. The number of aliphatic hydroxyl groups excluding tert-OH is 1. The predicted octanol–water partition coefficient (Wildman–Crippen LogP) is 3.12. The fraction of sp³-hybridized carbons (Fsp3) is 0.0625. The molecule has 3 rings (SSSR count). The van der Waals surface area contributed by atoms with Gasteiger partial charge < -0.3 is 15.2 Å². The van der Waals surface area contributed by atoms with Crippen molar-refractivity contribution in [1.29, 1.82) is 0 Å². The summed E-state index contributed by atoms with van der Waals surface area (Å²) in [5.74, 6) is 0.113. The van der Waals surface area contributed by atoms with Crippen LogP contribution in [0.1, 0.15) is 11.1 Å². The fourth-order valence-electron chi connectivity index (χ4n) is 2.11. The van der Waals surface area contributed by atoms with Crippen molar-refractivity contribution >= 4 is 22.8 Å². The minimum absolute atomic E-state index is 0.0211. The van der Waals surface area contributed by atoms with E-state index in [1.54, 1.807) is 6.21 Å². The van der Waals surface area contributed by atoms with Gasteiger partial charge in [0.1, 0.15) is 0 Å². The number of rotatable bonds is 3. The second-order valence-corrected chi connectivity index (χ2v) is 4.52. The number of aromatic hydroxyl groups is 1. The van der Waals surface area contributed by atoms with Crippen molar-refractivity contribution in [3.63, 3.8) is 0 Å². The van der Waals surface area contributed by atoms with Gasteiger partial charge in [0.25, 0.3) is 0 Å². The Bertz CT molecular complexity index is 758. The molecule has 0 spiro atoms. The molecule has 0 aliphatic heterocycles. The summed E-state index contributed by atoms with van der Waals surface area (Å²) in [6, 6.07) is 15.0. The maximum absolute atomic E-state index is 9.91. The Kier molecular flexibility index (Phi) is 3.23. The van der Waals surface area contributed by atoms with Crippen LogP contribution in [-0.4, -0.2) is 21.4 Å². The number of para-hydroxylation sites is 1. The highest BCUT2D eigenvalue weighted by molar-refractivity contribution is 6.02. The lowest BCUT2D eigenvalue weighted by Gasteiger charge is -1.97. The van der Waals surface area contributed by atoms with E-state index in [2.05, 4.69) is 9.98 Å². The molecule has 20 heavy (non-hydrogen) atoms. The lowest BCUT2D eigenvalue weighted by Crippen LogP contribution is -1.81. The number of nitrogens with one attached hydrogen (secondary N) is 1. The number of aliphatic hydroxyl groups is 1. The molecular formula is C16H14N2O2. The first kappa shape index (κ1) is 12.4. The Morgan fingerprint density at radius 2 is 1.80 bits per heavy atom. The summed E-state index contributed by atoms with van der Waals surface area (Å²) < 4.78 is 0. The Morgan fingerprint density at radius 1 is 1.05 bits per heavy atom. The van der Waals surface area contributed by atoms with Gasteiger partial charge in [0.2, 0.25) is 0 Å². The first-order chi connectivity index (χ1) is 9.78. The molecule has 0 aliphatic rings. The first-order valence-corrected chi connectivity index (χ1v) is 6.31. The van der Waals surface area contributed by atoms with Gasteiger partial charge in [-0.3, -0.25) is 4.99 Å². The molecule has 0 fully saturated rings. The Balaban J connectivity index is 1.95. The van der Waals surface area contributed by atoms with Crippen LogP contribution in [-0.2, 0) is 6.61 Å². The van der Waals surface area contributed by atoms with Crippen molar-refractivity contribution in [2.75, 3.05) is 0 Å². The van der Waals surface area contributed by atoms with E-state index in [4.69, 9.17) is 5.11 Å². The lowest BCUT2D eigenvalue weighted by molar-refractivity contribution is 0.282. The summed E-state index contributed by atoms with van der Waals surface area (Å²) in [5, 5.41) is 19.8. The van der Waals surface area contributed by atoms with E-state index in [1.807, 2.05) is 48.5 Å². The van der Waals surface area contributed by atoms with Gasteiger partial charge in [-0.15, -0.1) is 0 Å². The van der Waals surface area contributed by atoms with Crippen LogP contribution in [0.4, 0.5) is 5.69 Å². The van der Waals surface area contributed by atoms with Crippen LogP contribution in [0.2, 0.25) is 0 Å². The van der Waals surface area contributed by atoms with Gasteiger partial charge in [0.15, 0.2) is 5.88 Å². The fourth-order valence-corrected chi connectivity index (χ4v) is 2.11. The maximum atomic E-state index is 9.91. The van der Waals surface area contributed by atoms with Crippen molar-refractivity contribution in [2.45, 2.75) is 6.61 Å². The van der Waals surface area contributed by atoms with Crippen LogP contribution < -0.4 is 0 Å². The monoisotopic (exact) mass is 266 g/mol. The number of aliphatic imine (C=N–C) groups is 1. The minimum Gasteiger partial charge on any atom is -0.494 e. The van der Waals surface area contributed by atoms with Crippen molar-refractivity contribution in [2.24, 2.45) is 4.99 Å². The van der Waals surface area contributed by atoms with Crippen molar-refractivity contribution < 1.29 is 10.2 Å². The van der Waals surface area contributed by atoms with E-state index >= 15 is 0 Å². The third kappa shape index (κ3) is 2.29. The largest absolute Gasteiger partial charge is 0.494 e. The number of fused-ring (bicyclic) bond motifs is 1. The zero-order valence-corrected chi connectivity index (χ0v) is 10.7. The van der Waals surface area contributed by atoms with E-state index in [-0.39, 0.29) is 12.5 Å². The van der Waals surface area contributed by atoms with Crippen molar-refractivity contribution in [3.8, 4) is 5.88 Å². The van der Waals surface area contributed by atoms with Gasteiger partial charge in [-0.2, -0.15) is 0 Å². The normalized spacial score (nSPS) is 11.4. The third-order valence-electron chi connectivity index (χ3n) is 3.19. The Labute approximate surface area is 116 Å². The quantitative estimate of drug-likeness (QED) is 0.637. The first-order valence-electron chi connectivity index (χ1n) is 6.31. The summed E-state index contributed by atoms with van der Waals surface area (Å²) in [4.78, 5) is 7.26. The average molecular weight is 266 g/mol. The second kappa shape index (κ2) is 5.19. The SMILES string of the molecule is OCc1ccc(N=Cc2c(O)[nH]c3ccccc23)cc1. The van der Waals surface area contributed by atoms with Crippen molar-refractivity contribution in [3.05, 3.63) is 59.7 Å². The van der Waals surface area contributed by atoms with Crippen LogP contribution in [0.15, 0.2) is 53.5 Å². The average Bonchev–Trinajstić information content (AvgIpc) is 2.81. The number of nitrogens with zero attached hydrogens (tertiary/aromatic N) is 1. The molecule has 0 bridgehead atoms. The molecule has 1 heterocycles. The molecule has 1 aromatic heterocycles. The second-order valence-electron chi connectivity index (χ2n) is 4.52. The smallest absolute Gasteiger partial charge is 0.198 e. The summed E-state index contributed by atoms with van der Waals surface area (Å²) in [6.07, 6.45) is 1.64. The van der Waals surface area contributed by atoms with E-state index in [9.17, 15) is 5.11 Å². The number of hydrogen-bond acceptors (Lipinski definition) is 3. The number of hydrogen-bond donors (Lipinski definition) is 3. The maximum Gasteiger partial charge on any atom is 0.198 e. The summed E-state index contributed by atoms with van der Waals surface area (Å²) in [6.45, 7) is 0.0211. The molecule has 4 heteroatoms. The molecule has 2 aromatic carbocycles. The standard InChI is InChI=1S/C16H14N2O2/c19-10-11-5-7-12(8-6-11)17-9-14-13-3-1-2-4-15(13)18-16(14)20/h1-9,18-20H,10H2. The summed E-state index contributed by atoms with van der Waals surface area (Å²) >= 11 is 0. The highest BCUT2D eigenvalue weighted by atomic mass is 16.3. The molecular weight excluding hydrogens is 252 g/mol. The highest BCUT2D eigenvalue weighted by Crippen LogP contribution is 2.26. The Morgan fingerprint density at radius 3 is 2.55 bits per heavy atom. The van der Waals surface area contributed by atoms with E-state index in [0.717, 1.165) is 22.2 Å². The van der Waals surface area contributed by atoms with Crippen LogP contribution in [0.3, 0.4) is 0 Å². The van der Waals surface area contributed by atoms with Gasteiger partial charge >= 0.3 is 0 Å². The van der Waals surface area contributed by atoms with Gasteiger partial charge in [-0.25, -0.2) is 0 Å². The number of benzene rings is 2. The zero-order valence-electron chi connectivity index (χ0n) is 10.7. The van der Waals surface area contributed by atoms with Crippen LogP contribution >= 0.6 is 0 Å². The third-order valence-corrected chi connectivity index (χ3v) is 3.19. The molecule has 3 aromatic rings. The summed E-state index contributed by atoms with van der Waals surface area (Å²) in [7, 11) is 0. The molecule has 100 valence electrons. The highest BCUT2D eigenvalue weighted by Gasteiger charge is 2.07. The van der Waals surface area contributed by atoms with Gasteiger partial charge in [-0.1, -0.05) is 30.3 Å². The topological polar surface area (TPSA) is 68.6 Å². The zero-order chi connectivity index (χ0) is 13.9. The van der Waals surface area contributed by atoms with Crippen LogP contribution in [0, 0.1) is 0 Å². The lowest BCUT2D eigenvalue weighted by atomic mass is 10.2. The van der Waals surface area contributed by atoms with Gasteiger partial charge in [0.05, 0.1) is 17.9 Å². The van der Waals surface area contributed by atoms with E-state index in [1.165, 1.54) is 0 Å². The van der Waals surface area contributed by atoms with Crippen LogP contribution in [0.5, 0.6) is 5.88 Å². The number of H-pyrrole nitrogens is 1. The van der Waals surface area contributed by atoms with Gasteiger partial charge in [0, 0.05) is 17.1 Å². The van der Waals surface area contributed by atoms with Crippen molar-refractivity contribution in [1.82, 2.24) is 4.98 Å². The van der Waals surface area contributed by atoms with E-state index < -0.39 is 0 Å². The molecule has 0 saturated heterocycles. The number of aromatic nitrogens is 1. The molecule has 0 atom stereocenters. The molecule has 0 saturated carbocycles.